The molecule has 15 heavy (non-hydrogen) atoms. The third-order valence-corrected chi connectivity index (χ3v) is 2.48. The first kappa shape index (κ1) is 11.5. The van der Waals surface area contributed by atoms with E-state index >= 15 is 0 Å². The van der Waals surface area contributed by atoms with E-state index in [1.807, 2.05) is 0 Å². The Kier molecular flexibility index (Phi) is 4.11. The minimum Gasteiger partial charge on any atom is -0.0776 e. The van der Waals surface area contributed by atoms with Crippen molar-refractivity contribution >= 4 is 0 Å². The van der Waals surface area contributed by atoms with E-state index < -0.39 is 0 Å². The molecule has 0 radical (unpaired) electrons. The van der Waals surface area contributed by atoms with Gasteiger partial charge in [0.1, 0.15) is 0 Å². The third kappa shape index (κ3) is 2.47. The molecule has 0 aliphatic carbocycles. The van der Waals surface area contributed by atoms with Crippen LogP contribution in [-0.4, -0.2) is 0 Å². The summed E-state index contributed by atoms with van der Waals surface area (Å²) in [5, 5.41) is 0. The molecule has 0 bridgehead atoms. The van der Waals surface area contributed by atoms with E-state index in [4.69, 9.17) is 0 Å². The SMILES string of the molecule is C.CCc1ccccc1-c1ccccc1. The van der Waals surface area contributed by atoms with Gasteiger partial charge in [-0.05, 0) is 23.1 Å². The lowest BCUT2D eigenvalue weighted by atomic mass is 9.98. The van der Waals surface area contributed by atoms with Crippen LogP contribution >= 0.6 is 0 Å². The Hall–Kier alpha value is -1.56. The zero-order valence-corrected chi connectivity index (χ0v) is 8.40. The van der Waals surface area contributed by atoms with Gasteiger partial charge in [0.15, 0.2) is 0 Å². The fourth-order valence-corrected chi connectivity index (χ4v) is 1.73. The van der Waals surface area contributed by atoms with Gasteiger partial charge < -0.3 is 0 Å². The largest absolute Gasteiger partial charge is 0.0776 e. The molecule has 2 aromatic rings. The molecular weight excluding hydrogens is 180 g/mol. The highest BCUT2D eigenvalue weighted by molar-refractivity contribution is 5.67. The second kappa shape index (κ2) is 5.35. The fraction of sp³-hybridized carbons (Fsp3) is 0.200. The minimum atomic E-state index is 0. The summed E-state index contributed by atoms with van der Waals surface area (Å²) in [6.07, 6.45) is 1.09. The zero-order chi connectivity index (χ0) is 9.80. The molecule has 0 nitrogen and oxygen atoms in total. The first-order valence-electron chi connectivity index (χ1n) is 5.05. The van der Waals surface area contributed by atoms with Gasteiger partial charge in [0.25, 0.3) is 0 Å². The molecular formula is C15H18. The van der Waals surface area contributed by atoms with Crippen LogP contribution in [0.15, 0.2) is 54.6 Å². The Morgan fingerprint density at radius 3 is 2.07 bits per heavy atom. The van der Waals surface area contributed by atoms with Crippen molar-refractivity contribution in [3.8, 4) is 11.1 Å². The first-order valence-corrected chi connectivity index (χ1v) is 5.05. The summed E-state index contributed by atoms with van der Waals surface area (Å²) in [6, 6.07) is 19.1. The van der Waals surface area contributed by atoms with Crippen LogP contribution in [0.2, 0.25) is 0 Å². The Morgan fingerprint density at radius 1 is 0.800 bits per heavy atom. The summed E-state index contributed by atoms with van der Waals surface area (Å²) in [5.41, 5.74) is 4.08. The highest BCUT2D eigenvalue weighted by Gasteiger charge is 2.00. The van der Waals surface area contributed by atoms with Crippen LogP contribution in [0.5, 0.6) is 0 Å². The topological polar surface area (TPSA) is 0 Å². The lowest BCUT2D eigenvalue weighted by molar-refractivity contribution is 1.14. The Bertz CT molecular complexity index is 401. The first-order chi connectivity index (χ1) is 6.92. The van der Waals surface area contributed by atoms with Crippen LogP contribution in [0.25, 0.3) is 11.1 Å². The molecule has 0 N–H and O–H groups in total. The number of aryl methyl sites for hydroxylation is 1. The highest BCUT2D eigenvalue weighted by atomic mass is 14.0. The van der Waals surface area contributed by atoms with Crippen LogP contribution in [-0.2, 0) is 6.42 Å². The molecule has 78 valence electrons. The van der Waals surface area contributed by atoms with Crippen molar-refractivity contribution in [2.75, 3.05) is 0 Å². The molecule has 0 aliphatic heterocycles. The molecule has 2 rings (SSSR count). The Labute approximate surface area is 92.6 Å². The van der Waals surface area contributed by atoms with E-state index in [0.717, 1.165) is 6.42 Å². The summed E-state index contributed by atoms with van der Waals surface area (Å²) in [4.78, 5) is 0. The standard InChI is InChI=1S/C14H14.CH4/c1-2-12-8-6-7-11-14(12)13-9-4-3-5-10-13;/h3-11H,2H2,1H3;1H4. The van der Waals surface area contributed by atoms with E-state index in [-0.39, 0.29) is 7.43 Å². The molecule has 2 aromatic carbocycles. The molecule has 0 unspecified atom stereocenters. The lowest BCUT2D eigenvalue weighted by Gasteiger charge is -2.06. The van der Waals surface area contributed by atoms with Crippen molar-refractivity contribution < 1.29 is 0 Å². The summed E-state index contributed by atoms with van der Waals surface area (Å²) < 4.78 is 0. The predicted octanol–water partition coefficient (Wildman–Crippen LogP) is 4.55. The summed E-state index contributed by atoms with van der Waals surface area (Å²) >= 11 is 0. The van der Waals surface area contributed by atoms with Gasteiger partial charge in [-0.3, -0.25) is 0 Å². The van der Waals surface area contributed by atoms with E-state index in [1.54, 1.807) is 0 Å². The molecule has 0 fully saturated rings. The van der Waals surface area contributed by atoms with Gasteiger partial charge in [0, 0.05) is 0 Å². The maximum absolute atomic E-state index is 2.20. The molecule has 0 heteroatoms. The average Bonchev–Trinajstić information content (AvgIpc) is 2.30. The van der Waals surface area contributed by atoms with Gasteiger partial charge >= 0.3 is 0 Å². The number of hydrogen-bond donors (Lipinski definition) is 0. The van der Waals surface area contributed by atoms with Crippen LogP contribution in [0.3, 0.4) is 0 Å². The molecule has 0 heterocycles. The summed E-state index contributed by atoms with van der Waals surface area (Å²) in [5.74, 6) is 0. The molecule has 0 aliphatic rings. The zero-order valence-electron chi connectivity index (χ0n) is 8.40. The van der Waals surface area contributed by atoms with Crippen molar-refractivity contribution in [2.45, 2.75) is 20.8 Å². The molecule has 0 spiro atoms. The highest BCUT2D eigenvalue weighted by Crippen LogP contribution is 2.23. The monoisotopic (exact) mass is 198 g/mol. The quantitative estimate of drug-likeness (QED) is 0.664. The minimum absolute atomic E-state index is 0. The van der Waals surface area contributed by atoms with Crippen molar-refractivity contribution in [3.05, 3.63) is 60.2 Å². The van der Waals surface area contributed by atoms with E-state index in [9.17, 15) is 0 Å². The van der Waals surface area contributed by atoms with E-state index in [2.05, 4.69) is 61.5 Å². The van der Waals surface area contributed by atoms with Gasteiger partial charge in [0.2, 0.25) is 0 Å². The van der Waals surface area contributed by atoms with E-state index in [1.165, 1.54) is 16.7 Å². The van der Waals surface area contributed by atoms with Crippen molar-refractivity contribution in [3.63, 3.8) is 0 Å². The second-order valence-electron chi connectivity index (χ2n) is 3.38. The molecule has 0 aromatic heterocycles. The third-order valence-electron chi connectivity index (χ3n) is 2.48. The van der Waals surface area contributed by atoms with Crippen LogP contribution in [0.1, 0.15) is 19.9 Å². The summed E-state index contributed by atoms with van der Waals surface area (Å²) in [6.45, 7) is 2.20. The molecule has 0 saturated carbocycles. The number of benzene rings is 2. The average molecular weight is 198 g/mol. The number of rotatable bonds is 2. The Morgan fingerprint density at radius 2 is 1.40 bits per heavy atom. The van der Waals surface area contributed by atoms with Gasteiger partial charge in [-0.15, -0.1) is 0 Å². The van der Waals surface area contributed by atoms with Gasteiger partial charge in [-0.1, -0.05) is 68.9 Å². The molecule has 0 amide bonds. The molecule has 0 atom stereocenters. The van der Waals surface area contributed by atoms with Crippen LogP contribution < -0.4 is 0 Å². The van der Waals surface area contributed by atoms with E-state index in [0.29, 0.717) is 0 Å². The lowest BCUT2D eigenvalue weighted by Crippen LogP contribution is -1.85. The normalized spacial score (nSPS) is 9.40. The van der Waals surface area contributed by atoms with Gasteiger partial charge in [0.05, 0.1) is 0 Å². The van der Waals surface area contributed by atoms with Crippen molar-refractivity contribution in [1.29, 1.82) is 0 Å². The smallest absolute Gasteiger partial charge is 0.0152 e. The summed E-state index contributed by atoms with van der Waals surface area (Å²) in [7, 11) is 0. The van der Waals surface area contributed by atoms with Crippen LogP contribution in [0, 0.1) is 0 Å². The maximum atomic E-state index is 2.20. The fourth-order valence-electron chi connectivity index (χ4n) is 1.73. The number of hydrogen-bond acceptors (Lipinski definition) is 0. The predicted molar refractivity (Wildman–Crippen MR) is 68.0 cm³/mol. The van der Waals surface area contributed by atoms with Crippen molar-refractivity contribution in [2.24, 2.45) is 0 Å². The van der Waals surface area contributed by atoms with Crippen molar-refractivity contribution in [1.82, 2.24) is 0 Å². The van der Waals surface area contributed by atoms with Crippen LogP contribution in [0.4, 0.5) is 0 Å². The van der Waals surface area contributed by atoms with Gasteiger partial charge in [-0.25, -0.2) is 0 Å². The maximum Gasteiger partial charge on any atom is -0.0152 e. The Balaban J connectivity index is 0.00000112. The second-order valence-corrected chi connectivity index (χ2v) is 3.38. The van der Waals surface area contributed by atoms with Gasteiger partial charge in [-0.2, -0.15) is 0 Å². The molecule has 0 saturated heterocycles.